The molecule has 0 aliphatic heterocycles. The first kappa shape index (κ1) is 12.6. The van der Waals surface area contributed by atoms with Gasteiger partial charge in [-0.2, -0.15) is 5.10 Å². The smallest absolute Gasteiger partial charge is 0.240 e. The van der Waals surface area contributed by atoms with Crippen LogP contribution in [0.15, 0.2) is 23.4 Å². The fourth-order valence-electron chi connectivity index (χ4n) is 1.08. The summed E-state index contributed by atoms with van der Waals surface area (Å²) in [6.45, 7) is 3.75. The van der Waals surface area contributed by atoms with Gasteiger partial charge in [0, 0.05) is 18.2 Å². The van der Waals surface area contributed by atoms with E-state index in [0.29, 0.717) is 17.3 Å². The molecule has 0 unspecified atom stereocenters. The van der Waals surface area contributed by atoms with Gasteiger partial charge in [-0.05, 0) is 25.5 Å². The zero-order valence-corrected chi connectivity index (χ0v) is 10.1. The van der Waals surface area contributed by atoms with E-state index in [-0.39, 0.29) is 5.91 Å². The minimum atomic E-state index is -0.0798. The van der Waals surface area contributed by atoms with Crippen LogP contribution in [0.1, 0.15) is 32.3 Å². The third-order valence-corrected chi connectivity index (χ3v) is 2.19. The molecular weight excluding hydrogens is 226 g/mol. The second kappa shape index (κ2) is 6.23. The zero-order chi connectivity index (χ0) is 12.0. The Morgan fingerprint density at radius 3 is 2.88 bits per heavy atom. The molecule has 1 N–H and O–H groups in total. The lowest BCUT2D eigenvalue weighted by atomic mass is 10.2. The molecule has 0 atom stereocenters. The van der Waals surface area contributed by atoms with E-state index in [0.717, 1.165) is 12.0 Å². The monoisotopic (exact) mass is 239 g/mol. The standard InChI is InChI=1S/C11H14ClN3O/c1-3-4-11(16)15-14-8(2)9-5-6-10(12)13-7-9/h5-7H,3-4H2,1-2H3,(H,15,16). The molecule has 0 aliphatic rings. The largest absolute Gasteiger partial charge is 0.273 e. The van der Waals surface area contributed by atoms with Crippen LogP contribution in [-0.2, 0) is 4.79 Å². The average molecular weight is 240 g/mol. The van der Waals surface area contributed by atoms with Gasteiger partial charge in [0.1, 0.15) is 5.15 Å². The SMILES string of the molecule is CCCC(=O)NN=C(C)c1ccc(Cl)nc1. The van der Waals surface area contributed by atoms with Crippen molar-refractivity contribution in [3.05, 3.63) is 29.0 Å². The minimum Gasteiger partial charge on any atom is -0.273 e. The van der Waals surface area contributed by atoms with Gasteiger partial charge in [-0.3, -0.25) is 4.79 Å². The van der Waals surface area contributed by atoms with E-state index >= 15 is 0 Å². The van der Waals surface area contributed by atoms with Crippen molar-refractivity contribution in [1.82, 2.24) is 10.4 Å². The topological polar surface area (TPSA) is 54.4 Å². The fraction of sp³-hybridized carbons (Fsp3) is 0.364. The van der Waals surface area contributed by atoms with E-state index in [4.69, 9.17) is 11.6 Å². The maximum atomic E-state index is 11.2. The summed E-state index contributed by atoms with van der Waals surface area (Å²) in [5.41, 5.74) is 4.02. The van der Waals surface area contributed by atoms with Crippen molar-refractivity contribution in [3.63, 3.8) is 0 Å². The van der Waals surface area contributed by atoms with E-state index in [1.807, 2.05) is 6.92 Å². The second-order valence-corrected chi connectivity index (χ2v) is 3.74. The van der Waals surface area contributed by atoms with Crippen molar-refractivity contribution >= 4 is 23.2 Å². The van der Waals surface area contributed by atoms with Crippen molar-refractivity contribution in [1.29, 1.82) is 0 Å². The van der Waals surface area contributed by atoms with Crippen LogP contribution < -0.4 is 5.43 Å². The minimum absolute atomic E-state index is 0.0798. The van der Waals surface area contributed by atoms with E-state index in [1.165, 1.54) is 0 Å². The Balaban J connectivity index is 2.63. The van der Waals surface area contributed by atoms with Gasteiger partial charge in [-0.15, -0.1) is 0 Å². The number of carbonyl (C=O) groups is 1. The van der Waals surface area contributed by atoms with Crippen LogP contribution in [0.2, 0.25) is 5.15 Å². The Morgan fingerprint density at radius 2 is 2.31 bits per heavy atom. The van der Waals surface area contributed by atoms with Crippen molar-refractivity contribution in [3.8, 4) is 0 Å². The lowest BCUT2D eigenvalue weighted by Gasteiger charge is -2.01. The summed E-state index contributed by atoms with van der Waals surface area (Å²) < 4.78 is 0. The van der Waals surface area contributed by atoms with E-state index < -0.39 is 0 Å². The van der Waals surface area contributed by atoms with Crippen molar-refractivity contribution in [2.75, 3.05) is 0 Å². The van der Waals surface area contributed by atoms with Crippen LogP contribution >= 0.6 is 11.6 Å². The summed E-state index contributed by atoms with van der Waals surface area (Å²) in [5, 5.41) is 4.41. The van der Waals surface area contributed by atoms with Crippen LogP contribution in [0.25, 0.3) is 0 Å². The van der Waals surface area contributed by atoms with Crippen LogP contribution in [0.5, 0.6) is 0 Å². The molecule has 86 valence electrons. The third-order valence-electron chi connectivity index (χ3n) is 1.97. The predicted octanol–water partition coefficient (Wildman–Crippen LogP) is 2.38. The first-order chi connectivity index (χ1) is 7.63. The van der Waals surface area contributed by atoms with Crippen molar-refractivity contribution in [2.45, 2.75) is 26.7 Å². The molecule has 0 saturated carbocycles. The Labute approximate surface area is 99.7 Å². The van der Waals surface area contributed by atoms with E-state index in [1.54, 1.807) is 25.3 Å². The summed E-state index contributed by atoms with van der Waals surface area (Å²) in [6, 6.07) is 3.49. The average Bonchev–Trinajstić information content (AvgIpc) is 2.27. The van der Waals surface area contributed by atoms with Gasteiger partial charge >= 0.3 is 0 Å². The molecule has 1 amide bonds. The number of halogens is 1. The van der Waals surface area contributed by atoms with Gasteiger partial charge in [0.15, 0.2) is 0 Å². The van der Waals surface area contributed by atoms with Gasteiger partial charge < -0.3 is 0 Å². The van der Waals surface area contributed by atoms with Crippen molar-refractivity contribution in [2.24, 2.45) is 5.10 Å². The van der Waals surface area contributed by atoms with Gasteiger partial charge in [0.05, 0.1) is 5.71 Å². The number of amides is 1. The lowest BCUT2D eigenvalue weighted by Crippen LogP contribution is -2.18. The maximum Gasteiger partial charge on any atom is 0.240 e. The van der Waals surface area contributed by atoms with Gasteiger partial charge in [0.2, 0.25) is 5.91 Å². The number of aromatic nitrogens is 1. The number of pyridine rings is 1. The number of rotatable bonds is 4. The molecule has 0 radical (unpaired) electrons. The zero-order valence-electron chi connectivity index (χ0n) is 9.33. The summed E-state index contributed by atoms with van der Waals surface area (Å²) in [6.07, 6.45) is 2.91. The highest BCUT2D eigenvalue weighted by atomic mass is 35.5. The summed E-state index contributed by atoms with van der Waals surface area (Å²) in [5.74, 6) is -0.0798. The van der Waals surface area contributed by atoms with E-state index in [9.17, 15) is 4.79 Å². The number of hydrogen-bond acceptors (Lipinski definition) is 3. The highest BCUT2D eigenvalue weighted by Gasteiger charge is 2.00. The molecule has 4 nitrogen and oxygen atoms in total. The van der Waals surface area contributed by atoms with Gasteiger partial charge in [-0.25, -0.2) is 10.4 Å². The molecule has 0 spiro atoms. The maximum absolute atomic E-state index is 11.2. The Kier molecular flexibility index (Phi) is 4.92. The first-order valence-electron chi connectivity index (χ1n) is 5.08. The Hall–Kier alpha value is -1.42. The quantitative estimate of drug-likeness (QED) is 0.498. The van der Waals surface area contributed by atoms with Crippen LogP contribution in [0.4, 0.5) is 0 Å². The molecule has 1 aromatic rings. The number of hydrazone groups is 1. The molecule has 0 bridgehead atoms. The summed E-state index contributed by atoms with van der Waals surface area (Å²) in [4.78, 5) is 15.1. The summed E-state index contributed by atoms with van der Waals surface area (Å²) in [7, 11) is 0. The number of nitrogens with zero attached hydrogens (tertiary/aromatic N) is 2. The van der Waals surface area contributed by atoms with Crippen LogP contribution in [-0.4, -0.2) is 16.6 Å². The number of carbonyl (C=O) groups excluding carboxylic acids is 1. The third kappa shape index (κ3) is 3.98. The van der Waals surface area contributed by atoms with Crippen LogP contribution in [0, 0.1) is 0 Å². The molecule has 0 aromatic carbocycles. The normalized spacial score (nSPS) is 11.3. The summed E-state index contributed by atoms with van der Waals surface area (Å²) >= 11 is 5.66. The molecule has 1 aromatic heterocycles. The van der Waals surface area contributed by atoms with Gasteiger partial charge in [-0.1, -0.05) is 18.5 Å². The molecule has 16 heavy (non-hydrogen) atoms. The highest BCUT2D eigenvalue weighted by molar-refractivity contribution is 6.29. The number of nitrogens with one attached hydrogen (secondary N) is 1. The highest BCUT2D eigenvalue weighted by Crippen LogP contribution is 2.05. The second-order valence-electron chi connectivity index (χ2n) is 3.35. The molecular formula is C11H14ClN3O. The molecule has 1 heterocycles. The molecule has 1 rings (SSSR count). The number of hydrogen-bond donors (Lipinski definition) is 1. The van der Waals surface area contributed by atoms with Crippen LogP contribution in [0.3, 0.4) is 0 Å². The van der Waals surface area contributed by atoms with Gasteiger partial charge in [0.25, 0.3) is 0 Å². The Bertz CT molecular complexity index is 387. The molecule has 0 fully saturated rings. The molecule has 5 heteroatoms. The van der Waals surface area contributed by atoms with Crippen molar-refractivity contribution < 1.29 is 4.79 Å². The molecule has 0 saturated heterocycles. The first-order valence-corrected chi connectivity index (χ1v) is 5.46. The predicted molar refractivity (Wildman–Crippen MR) is 64.5 cm³/mol. The molecule has 0 aliphatic carbocycles. The fourth-order valence-corrected chi connectivity index (χ4v) is 1.20. The Morgan fingerprint density at radius 1 is 1.56 bits per heavy atom. The van der Waals surface area contributed by atoms with E-state index in [2.05, 4.69) is 15.5 Å². The lowest BCUT2D eigenvalue weighted by molar-refractivity contribution is -0.121.